The van der Waals surface area contributed by atoms with Gasteiger partial charge in [0.05, 0.1) is 19.8 Å². The van der Waals surface area contributed by atoms with Crippen LogP contribution in [0.1, 0.15) is 47.0 Å². The molecule has 1 fully saturated rings. The Morgan fingerprint density at radius 3 is 1.95 bits per heavy atom. The summed E-state index contributed by atoms with van der Waals surface area (Å²) in [5.74, 6) is 0.505. The standard InChI is InChI=1S/C15H32O5Si/c1-5-9-10-15(17-13-14-11-16-12-14)21(18-6-2,19-7-3)20-8-4/h14-15H,5-13H2,1-4H3. The highest BCUT2D eigenvalue weighted by Crippen LogP contribution is 2.24. The first-order valence-electron chi connectivity index (χ1n) is 8.33. The molecule has 1 aliphatic heterocycles. The van der Waals surface area contributed by atoms with Crippen LogP contribution in [0.4, 0.5) is 0 Å². The molecular formula is C15H32O5Si. The predicted molar refractivity (Wildman–Crippen MR) is 84.2 cm³/mol. The van der Waals surface area contributed by atoms with Crippen LogP contribution < -0.4 is 0 Å². The molecule has 0 spiro atoms. The van der Waals surface area contributed by atoms with E-state index >= 15 is 0 Å². The predicted octanol–water partition coefficient (Wildman–Crippen LogP) is 2.80. The van der Waals surface area contributed by atoms with Gasteiger partial charge in [-0.05, 0) is 27.2 Å². The van der Waals surface area contributed by atoms with Crippen molar-refractivity contribution in [1.29, 1.82) is 0 Å². The zero-order valence-electron chi connectivity index (χ0n) is 14.1. The molecule has 0 saturated carbocycles. The van der Waals surface area contributed by atoms with Gasteiger partial charge >= 0.3 is 8.80 Å². The van der Waals surface area contributed by atoms with Crippen LogP contribution in [0.3, 0.4) is 0 Å². The quantitative estimate of drug-likeness (QED) is 0.488. The highest BCUT2D eigenvalue weighted by Gasteiger charge is 2.50. The first-order chi connectivity index (χ1) is 10.2. The second kappa shape index (κ2) is 10.7. The van der Waals surface area contributed by atoms with Gasteiger partial charge in [0.15, 0.2) is 0 Å². The van der Waals surface area contributed by atoms with E-state index in [1.54, 1.807) is 0 Å². The van der Waals surface area contributed by atoms with Crippen LogP contribution in [-0.2, 0) is 22.8 Å². The number of hydrogen-bond acceptors (Lipinski definition) is 5. The zero-order chi connectivity index (χ0) is 15.6. The van der Waals surface area contributed by atoms with Crippen molar-refractivity contribution in [2.75, 3.05) is 39.6 Å². The molecule has 6 heteroatoms. The van der Waals surface area contributed by atoms with Gasteiger partial charge in [-0.25, -0.2) is 0 Å². The Hall–Kier alpha value is 0.0169. The maximum atomic E-state index is 6.18. The smallest absolute Gasteiger partial charge is 0.381 e. The summed E-state index contributed by atoms with van der Waals surface area (Å²) in [7, 11) is -2.78. The molecular weight excluding hydrogens is 288 g/mol. The van der Waals surface area contributed by atoms with Crippen LogP contribution in [0.25, 0.3) is 0 Å². The highest BCUT2D eigenvalue weighted by molar-refractivity contribution is 6.62. The van der Waals surface area contributed by atoms with Crippen molar-refractivity contribution in [1.82, 2.24) is 0 Å². The minimum atomic E-state index is -2.78. The minimum absolute atomic E-state index is 0.0714. The average Bonchev–Trinajstić information content (AvgIpc) is 2.41. The molecule has 1 saturated heterocycles. The molecule has 1 unspecified atom stereocenters. The number of unbranched alkanes of at least 4 members (excludes halogenated alkanes) is 1. The molecule has 1 aliphatic rings. The van der Waals surface area contributed by atoms with E-state index in [9.17, 15) is 0 Å². The van der Waals surface area contributed by atoms with Crippen molar-refractivity contribution in [2.45, 2.75) is 52.7 Å². The van der Waals surface area contributed by atoms with Gasteiger partial charge in [0, 0.05) is 25.7 Å². The maximum absolute atomic E-state index is 6.18. The fourth-order valence-corrected chi connectivity index (χ4v) is 5.26. The molecule has 0 aromatic carbocycles. The van der Waals surface area contributed by atoms with E-state index in [2.05, 4.69) is 6.92 Å². The summed E-state index contributed by atoms with van der Waals surface area (Å²) >= 11 is 0. The minimum Gasteiger partial charge on any atom is -0.381 e. The van der Waals surface area contributed by atoms with E-state index < -0.39 is 8.80 Å². The Kier molecular flexibility index (Phi) is 9.71. The van der Waals surface area contributed by atoms with Gasteiger partial charge in [0.2, 0.25) is 0 Å². The van der Waals surface area contributed by atoms with Crippen molar-refractivity contribution in [3.05, 3.63) is 0 Å². The molecule has 0 radical (unpaired) electrons. The first kappa shape index (κ1) is 19.1. The lowest BCUT2D eigenvalue weighted by molar-refractivity contribution is -0.0922. The highest BCUT2D eigenvalue weighted by atomic mass is 28.4. The Bertz CT molecular complexity index is 243. The zero-order valence-corrected chi connectivity index (χ0v) is 15.1. The topological polar surface area (TPSA) is 46.2 Å². The van der Waals surface area contributed by atoms with Gasteiger partial charge in [0.25, 0.3) is 0 Å². The molecule has 1 rings (SSSR count). The summed E-state index contributed by atoms with van der Waals surface area (Å²) in [5.41, 5.74) is -0.0714. The van der Waals surface area contributed by atoms with Crippen molar-refractivity contribution in [2.24, 2.45) is 5.92 Å². The van der Waals surface area contributed by atoms with Crippen LogP contribution in [0, 0.1) is 5.92 Å². The molecule has 0 aromatic rings. The van der Waals surface area contributed by atoms with Crippen molar-refractivity contribution in [3.63, 3.8) is 0 Å². The molecule has 0 bridgehead atoms. The molecule has 0 aliphatic carbocycles. The van der Waals surface area contributed by atoms with Gasteiger partial charge in [-0.1, -0.05) is 19.8 Å². The van der Waals surface area contributed by atoms with E-state index in [0.717, 1.165) is 32.5 Å². The summed E-state index contributed by atoms with van der Waals surface area (Å²) in [6, 6.07) is 0. The SMILES string of the molecule is CCCCC(OCC1COC1)[Si](OCC)(OCC)OCC. The fourth-order valence-electron chi connectivity index (χ4n) is 2.39. The largest absolute Gasteiger partial charge is 0.531 e. The Morgan fingerprint density at radius 2 is 1.57 bits per heavy atom. The number of rotatable bonds is 13. The van der Waals surface area contributed by atoms with Crippen LogP contribution in [0.5, 0.6) is 0 Å². The molecule has 1 heterocycles. The molecule has 126 valence electrons. The van der Waals surface area contributed by atoms with Gasteiger partial charge in [-0.3, -0.25) is 0 Å². The first-order valence-corrected chi connectivity index (χ1v) is 10.1. The lowest BCUT2D eigenvalue weighted by Gasteiger charge is -2.36. The van der Waals surface area contributed by atoms with E-state index in [0.29, 0.717) is 32.3 Å². The van der Waals surface area contributed by atoms with Crippen LogP contribution in [0.15, 0.2) is 0 Å². The van der Waals surface area contributed by atoms with Crippen LogP contribution in [-0.4, -0.2) is 54.2 Å². The molecule has 1 atom stereocenters. The van der Waals surface area contributed by atoms with E-state index in [1.807, 2.05) is 20.8 Å². The maximum Gasteiger partial charge on any atom is 0.531 e. The third kappa shape index (κ3) is 5.96. The Balaban J connectivity index is 2.72. The number of ether oxygens (including phenoxy) is 2. The summed E-state index contributed by atoms with van der Waals surface area (Å²) in [6.07, 6.45) is 3.14. The van der Waals surface area contributed by atoms with Crippen LogP contribution >= 0.6 is 0 Å². The van der Waals surface area contributed by atoms with E-state index in [4.69, 9.17) is 22.8 Å². The summed E-state index contributed by atoms with van der Waals surface area (Å²) in [5, 5.41) is 0. The van der Waals surface area contributed by atoms with Crippen molar-refractivity contribution < 1.29 is 22.8 Å². The average molecular weight is 321 g/mol. The normalized spacial score (nSPS) is 17.7. The molecule has 0 N–H and O–H groups in total. The molecule has 5 nitrogen and oxygen atoms in total. The third-order valence-electron chi connectivity index (χ3n) is 3.49. The van der Waals surface area contributed by atoms with E-state index in [1.165, 1.54) is 0 Å². The second-order valence-electron chi connectivity index (χ2n) is 5.27. The molecule has 21 heavy (non-hydrogen) atoms. The lowest BCUT2D eigenvalue weighted by Crippen LogP contribution is -2.58. The second-order valence-corrected chi connectivity index (χ2v) is 7.99. The van der Waals surface area contributed by atoms with E-state index in [-0.39, 0.29) is 5.73 Å². The van der Waals surface area contributed by atoms with Crippen molar-refractivity contribution >= 4 is 8.80 Å². The summed E-state index contributed by atoms with van der Waals surface area (Å²) in [6.45, 7) is 12.2. The van der Waals surface area contributed by atoms with Gasteiger partial charge < -0.3 is 22.8 Å². The summed E-state index contributed by atoms with van der Waals surface area (Å²) < 4.78 is 29.4. The summed E-state index contributed by atoms with van der Waals surface area (Å²) in [4.78, 5) is 0. The third-order valence-corrected chi connectivity index (χ3v) is 6.81. The van der Waals surface area contributed by atoms with Crippen LogP contribution in [0.2, 0.25) is 0 Å². The Labute approximate surface area is 130 Å². The Morgan fingerprint density at radius 1 is 1.00 bits per heavy atom. The van der Waals surface area contributed by atoms with Crippen molar-refractivity contribution in [3.8, 4) is 0 Å². The fraction of sp³-hybridized carbons (Fsp3) is 1.00. The molecule has 0 amide bonds. The monoisotopic (exact) mass is 320 g/mol. The lowest BCUT2D eigenvalue weighted by atomic mass is 10.1. The molecule has 0 aromatic heterocycles. The van der Waals surface area contributed by atoms with Gasteiger partial charge in [0.1, 0.15) is 5.73 Å². The van der Waals surface area contributed by atoms with Gasteiger partial charge in [-0.2, -0.15) is 0 Å². The van der Waals surface area contributed by atoms with Gasteiger partial charge in [-0.15, -0.1) is 0 Å². The number of hydrogen-bond donors (Lipinski definition) is 0.